The SMILES string of the molecule is Cc1ccc(C(O)=C2C(=O)C(=O)N(Cc3ccco3)[C@H]2c2ccc(Cl)cc2Cl)cc1. The molecule has 152 valence electrons. The first-order valence-corrected chi connectivity index (χ1v) is 9.95. The summed E-state index contributed by atoms with van der Waals surface area (Å²) in [6.07, 6.45) is 1.49. The molecule has 2 heterocycles. The van der Waals surface area contributed by atoms with Gasteiger partial charge in [0.25, 0.3) is 11.7 Å². The summed E-state index contributed by atoms with van der Waals surface area (Å²) in [5.41, 5.74) is 1.90. The Hall–Kier alpha value is -3.02. The molecule has 1 fully saturated rings. The number of furan rings is 1. The molecule has 2 aromatic carbocycles. The van der Waals surface area contributed by atoms with Gasteiger partial charge in [-0.05, 0) is 36.8 Å². The monoisotopic (exact) mass is 441 g/mol. The molecule has 1 amide bonds. The minimum atomic E-state index is -0.888. The van der Waals surface area contributed by atoms with Gasteiger partial charge in [0, 0.05) is 15.6 Å². The van der Waals surface area contributed by atoms with Gasteiger partial charge in [0.05, 0.1) is 24.4 Å². The number of benzene rings is 2. The Morgan fingerprint density at radius 1 is 1.10 bits per heavy atom. The predicted molar refractivity (Wildman–Crippen MR) is 114 cm³/mol. The van der Waals surface area contributed by atoms with Crippen molar-refractivity contribution < 1.29 is 19.1 Å². The maximum absolute atomic E-state index is 13.0. The van der Waals surface area contributed by atoms with Crippen LogP contribution in [0.5, 0.6) is 0 Å². The number of nitrogens with zero attached hydrogens (tertiary/aromatic N) is 1. The molecule has 1 atom stereocenters. The molecule has 30 heavy (non-hydrogen) atoms. The molecule has 0 bridgehead atoms. The molecule has 5 nitrogen and oxygen atoms in total. The molecule has 0 radical (unpaired) electrons. The fraction of sp³-hybridized carbons (Fsp3) is 0.130. The van der Waals surface area contributed by atoms with Gasteiger partial charge < -0.3 is 14.4 Å². The third kappa shape index (κ3) is 3.62. The van der Waals surface area contributed by atoms with Crippen LogP contribution in [-0.2, 0) is 16.1 Å². The number of ketones is 1. The second-order valence-electron chi connectivity index (χ2n) is 7.04. The number of aliphatic hydroxyl groups is 1. The first-order chi connectivity index (χ1) is 14.4. The number of hydrogen-bond donors (Lipinski definition) is 1. The smallest absolute Gasteiger partial charge is 0.296 e. The van der Waals surface area contributed by atoms with E-state index in [2.05, 4.69) is 0 Å². The minimum absolute atomic E-state index is 0.0281. The van der Waals surface area contributed by atoms with Crippen LogP contribution >= 0.6 is 23.2 Å². The van der Waals surface area contributed by atoms with Gasteiger partial charge in [-0.25, -0.2) is 0 Å². The number of amides is 1. The Balaban J connectivity index is 1.90. The zero-order valence-electron chi connectivity index (χ0n) is 15.9. The summed E-state index contributed by atoms with van der Waals surface area (Å²) in [5, 5.41) is 11.7. The van der Waals surface area contributed by atoms with Crippen LogP contribution in [0.3, 0.4) is 0 Å². The topological polar surface area (TPSA) is 70.8 Å². The van der Waals surface area contributed by atoms with Gasteiger partial charge in [-0.1, -0.05) is 59.1 Å². The van der Waals surface area contributed by atoms with Gasteiger partial charge in [0.1, 0.15) is 11.5 Å². The van der Waals surface area contributed by atoms with E-state index in [0.29, 0.717) is 21.9 Å². The number of carbonyl (C=O) groups is 2. The van der Waals surface area contributed by atoms with Crippen molar-refractivity contribution >= 4 is 40.7 Å². The van der Waals surface area contributed by atoms with E-state index in [1.54, 1.807) is 36.4 Å². The molecule has 1 aliphatic heterocycles. The number of carbonyl (C=O) groups excluding carboxylic acids is 2. The van der Waals surface area contributed by atoms with Crippen molar-refractivity contribution in [2.45, 2.75) is 19.5 Å². The third-order valence-electron chi connectivity index (χ3n) is 5.03. The number of aliphatic hydroxyl groups excluding tert-OH is 1. The number of hydrogen-bond acceptors (Lipinski definition) is 4. The maximum atomic E-state index is 13.0. The van der Waals surface area contributed by atoms with Crippen molar-refractivity contribution in [2.24, 2.45) is 0 Å². The first-order valence-electron chi connectivity index (χ1n) is 9.19. The second-order valence-corrected chi connectivity index (χ2v) is 7.88. The zero-order chi connectivity index (χ0) is 21.4. The number of halogens is 2. The molecule has 3 aromatic rings. The Labute approximate surface area is 183 Å². The van der Waals surface area contributed by atoms with E-state index < -0.39 is 17.7 Å². The molecule has 0 unspecified atom stereocenters. The van der Waals surface area contributed by atoms with E-state index in [0.717, 1.165) is 5.56 Å². The van der Waals surface area contributed by atoms with Crippen LogP contribution in [0.2, 0.25) is 10.0 Å². The van der Waals surface area contributed by atoms with Gasteiger partial charge in [0.15, 0.2) is 0 Å². The summed E-state index contributed by atoms with van der Waals surface area (Å²) in [4.78, 5) is 27.2. The Bertz CT molecular complexity index is 1150. The highest BCUT2D eigenvalue weighted by molar-refractivity contribution is 6.47. The highest BCUT2D eigenvalue weighted by Gasteiger charge is 2.47. The molecule has 1 saturated heterocycles. The normalized spacial score (nSPS) is 18.2. The number of likely N-dealkylation sites (tertiary alicyclic amines) is 1. The van der Waals surface area contributed by atoms with Gasteiger partial charge in [-0.15, -0.1) is 0 Å². The van der Waals surface area contributed by atoms with Crippen LogP contribution in [0.15, 0.2) is 70.9 Å². The third-order valence-corrected chi connectivity index (χ3v) is 5.59. The van der Waals surface area contributed by atoms with Crippen LogP contribution in [-0.4, -0.2) is 21.7 Å². The number of Topliss-reactive ketones (excluding diaryl/α,β-unsaturated/α-hetero) is 1. The quantitative estimate of drug-likeness (QED) is 0.328. The van der Waals surface area contributed by atoms with E-state index >= 15 is 0 Å². The molecule has 7 heteroatoms. The molecule has 1 aliphatic rings. The predicted octanol–water partition coefficient (Wildman–Crippen LogP) is 5.52. The van der Waals surface area contributed by atoms with E-state index in [1.807, 2.05) is 19.1 Å². The van der Waals surface area contributed by atoms with Crippen molar-refractivity contribution in [2.75, 3.05) is 0 Å². The molecule has 1 N–H and O–H groups in total. The number of aryl methyl sites for hydroxylation is 1. The van der Waals surface area contributed by atoms with Gasteiger partial charge in [-0.2, -0.15) is 0 Å². The fourth-order valence-corrected chi connectivity index (χ4v) is 4.04. The molecular weight excluding hydrogens is 425 g/mol. The zero-order valence-corrected chi connectivity index (χ0v) is 17.4. The Morgan fingerprint density at radius 3 is 2.47 bits per heavy atom. The first kappa shape index (κ1) is 20.3. The fourth-order valence-electron chi connectivity index (χ4n) is 3.53. The molecular formula is C23H17Cl2NO4. The lowest BCUT2D eigenvalue weighted by atomic mass is 9.95. The van der Waals surface area contributed by atoms with Crippen LogP contribution in [0, 0.1) is 6.92 Å². The second kappa shape index (κ2) is 8.01. The van der Waals surface area contributed by atoms with Crippen LogP contribution in [0.4, 0.5) is 0 Å². The number of rotatable bonds is 4. The summed E-state index contributed by atoms with van der Waals surface area (Å²) in [6.45, 7) is 1.96. The standard InChI is InChI=1S/C23H17Cl2NO4/c1-13-4-6-14(7-5-13)21(27)19-20(17-9-8-15(24)11-18(17)25)26(23(29)22(19)28)12-16-3-2-10-30-16/h2-11,20,27H,12H2,1H3/t20-/m0/s1. The van der Waals surface area contributed by atoms with Crippen molar-refractivity contribution in [1.29, 1.82) is 0 Å². The highest BCUT2D eigenvalue weighted by Crippen LogP contribution is 2.43. The summed E-state index contributed by atoms with van der Waals surface area (Å²) in [5.74, 6) is -1.28. The molecule has 0 saturated carbocycles. The van der Waals surface area contributed by atoms with E-state index in [-0.39, 0.29) is 22.9 Å². The molecule has 0 aliphatic carbocycles. The average molecular weight is 442 g/mol. The molecule has 0 spiro atoms. The van der Waals surface area contributed by atoms with Crippen LogP contribution in [0.1, 0.15) is 28.5 Å². The van der Waals surface area contributed by atoms with E-state index in [1.165, 1.54) is 17.2 Å². The minimum Gasteiger partial charge on any atom is -0.507 e. The summed E-state index contributed by atoms with van der Waals surface area (Å²) in [7, 11) is 0. The molecule has 1 aromatic heterocycles. The highest BCUT2D eigenvalue weighted by atomic mass is 35.5. The molecule has 4 rings (SSSR count). The van der Waals surface area contributed by atoms with Crippen LogP contribution in [0.25, 0.3) is 5.76 Å². The summed E-state index contributed by atoms with van der Waals surface area (Å²) in [6, 6.07) is 14.4. The van der Waals surface area contributed by atoms with Gasteiger partial charge in [0.2, 0.25) is 0 Å². The lowest BCUT2D eigenvalue weighted by Crippen LogP contribution is -2.29. The summed E-state index contributed by atoms with van der Waals surface area (Å²) >= 11 is 12.5. The lowest BCUT2D eigenvalue weighted by molar-refractivity contribution is -0.140. The van der Waals surface area contributed by atoms with Crippen LogP contribution < -0.4 is 0 Å². The Morgan fingerprint density at radius 2 is 1.83 bits per heavy atom. The maximum Gasteiger partial charge on any atom is 0.296 e. The van der Waals surface area contributed by atoms with Crippen molar-refractivity contribution in [1.82, 2.24) is 4.90 Å². The Kier molecular flexibility index (Phi) is 5.41. The average Bonchev–Trinajstić information content (AvgIpc) is 3.31. The van der Waals surface area contributed by atoms with E-state index in [9.17, 15) is 14.7 Å². The van der Waals surface area contributed by atoms with Gasteiger partial charge >= 0.3 is 0 Å². The van der Waals surface area contributed by atoms with Crippen molar-refractivity contribution in [3.63, 3.8) is 0 Å². The van der Waals surface area contributed by atoms with Crippen molar-refractivity contribution in [3.8, 4) is 0 Å². The largest absolute Gasteiger partial charge is 0.507 e. The summed E-state index contributed by atoms with van der Waals surface area (Å²) < 4.78 is 5.37. The lowest BCUT2D eigenvalue weighted by Gasteiger charge is -2.25. The van der Waals surface area contributed by atoms with Gasteiger partial charge in [-0.3, -0.25) is 9.59 Å². The van der Waals surface area contributed by atoms with E-state index in [4.69, 9.17) is 27.6 Å². The van der Waals surface area contributed by atoms with Crippen molar-refractivity contribution in [3.05, 3.63) is 98.9 Å².